The molecule has 0 radical (unpaired) electrons. The molecule has 43 heavy (non-hydrogen) atoms. The summed E-state index contributed by atoms with van der Waals surface area (Å²) in [6.07, 6.45) is 0.695. The lowest BCUT2D eigenvalue weighted by atomic mass is 10.1. The number of ether oxygens (including phenoxy) is 4. The molecule has 2 aromatic heterocycles. The molecule has 0 saturated carbocycles. The second-order valence-corrected chi connectivity index (χ2v) is 11.4. The third kappa shape index (κ3) is 7.80. The lowest BCUT2D eigenvalue weighted by molar-refractivity contribution is -0.206. The van der Waals surface area contributed by atoms with Gasteiger partial charge in [-0.3, -0.25) is 13.9 Å². The number of para-hydroxylation sites is 1. The average molecular weight is 613 g/mol. The number of nitrogens with two attached hydrogens (primary N) is 1. The van der Waals surface area contributed by atoms with Gasteiger partial charge in [0.15, 0.2) is 29.9 Å². The van der Waals surface area contributed by atoms with Crippen molar-refractivity contribution >= 4 is 30.5 Å². The van der Waals surface area contributed by atoms with E-state index in [1.54, 1.807) is 37.3 Å². The first-order chi connectivity index (χ1) is 20.8. The number of carbonyl (C=O) groups is 1. The van der Waals surface area contributed by atoms with Gasteiger partial charge in [0.25, 0.3) is 0 Å². The zero-order chi connectivity index (χ0) is 30.2. The van der Waals surface area contributed by atoms with Crippen LogP contribution in [-0.4, -0.2) is 57.1 Å². The Bertz CT molecular complexity index is 1610. The van der Waals surface area contributed by atoms with Crippen molar-refractivity contribution in [2.24, 2.45) is 0 Å². The number of carbonyl (C=O) groups excluding carboxylic acids is 1. The number of rotatable bonds is 14. The number of imidazole rings is 1. The van der Waals surface area contributed by atoms with Crippen molar-refractivity contribution in [1.82, 2.24) is 24.6 Å². The van der Waals surface area contributed by atoms with Crippen molar-refractivity contribution in [2.75, 3.05) is 18.7 Å². The van der Waals surface area contributed by atoms with Crippen LogP contribution in [0.3, 0.4) is 0 Å². The number of nitrogens with zero attached hydrogens (tertiary/aromatic N) is 4. The van der Waals surface area contributed by atoms with E-state index in [0.717, 1.165) is 11.6 Å². The summed E-state index contributed by atoms with van der Waals surface area (Å²) < 4.78 is 58.2. The highest BCUT2D eigenvalue weighted by molar-refractivity contribution is 7.57. The third-order valence-electron chi connectivity index (χ3n) is 6.18. The smallest absolute Gasteiger partial charge is 0.342 e. The fourth-order valence-corrected chi connectivity index (χ4v) is 5.86. The summed E-state index contributed by atoms with van der Waals surface area (Å²) in [6.45, 7) is 1.64. The normalized spacial score (nSPS) is 18.6. The molecule has 0 aliphatic carbocycles. The zero-order valence-corrected chi connectivity index (χ0v) is 24.0. The van der Waals surface area contributed by atoms with Crippen molar-refractivity contribution in [3.05, 3.63) is 90.8 Å². The molecule has 13 nitrogen and oxygen atoms in total. The van der Waals surface area contributed by atoms with Gasteiger partial charge in [-0.05, 0) is 31.0 Å². The van der Waals surface area contributed by atoms with Crippen molar-refractivity contribution in [3.63, 3.8) is 0 Å². The molecule has 0 fully saturated rings. The molecule has 0 bridgehead atoms. The lowest BCUT2D eigenvalue weighted by Gasteiger charge is -2.26. The summed E-state index contributed by atoms with van der Waals surface area (Å²) in [5, 5.41) is 2.82. The van der Waals surface area contributed by atoms with Crippen LogP contribution in [0.2, 0.25) is 0 Å². The highest BCUT2D eigenvalue weighted by atomic mass is 31.2. The Morgan fingerprint density at radius 3 is 2.60 bits per heavy atom. The number of hydrogen-bond donors (Lipinski definition) is 2. The van der Waals surface area contributed by atoms with Crippen LogP contribution in [0.15, 0.2) is 85.2 Å². The number of anilines is 1. The van der Waals surface area contributed by atoms with Crippen LogP contribution >= 0.6 is 7.52 Å². The van der Waals surface area contributed by atoms with Gasteiger partial charge in [0.1, 0.15) is 30.4 Å². The number of halogens is 1. The van der Waals surface area contributed by atoms with E-state index in [1.807, 2.05) is 30.3 Å². The summed E-state index contributed by atoms with van der Waals surface area (Å²) >= 11 is 0. The molecule has 0 amide bonds. The van der Waals surface area contributed by atoms with Crippen LogP contribution in [0.1, 0.15) is 12.5 Å². The van der Waals surface area contributed by atoms with E-state index >= 15 is 0 Å². The van der Waals surface area contributed by atoms with Gasteiger partial charge in [0.05, 0.1) is 12.9 Å². The standard InChI is InChI=1S/C28H30FN6O7P/c1-2-38-27(36)22(13-19-9-5-3-6-10-19)34-43(37,42-20-11-7-4-8-12-20)18-40-23-14-21(29)28(41-23)39-17-35-16-33-24-25(30)31-15-32-26(24)35/h3-12,14-16,22-23,28H,2,13,17-18H2,1H3,(H,34,37)(H2,30,31,32)/t22-,23-,28+,43?/m0/s1. The molecule has 3 N–H and O–H groups in total. The quantitative estimate of drug-likeness (QED) is 0.156. The highest BCUT2D eigenvalue weighted by Crippen LogP contribution is 2.45. The second-order valence-electron chi connectivity index (χ2n) is 9.33. The Balaban J connectivity index is 1.26. The first-order valence-electron chi connectivity index (χ1n) is 13.3. The Kier molecular flexibility index (Phi) is 9.75. The summed E-state index contributed by atoms with van der Waals surface area (Å²) in [4.78, 5) is 25.0. The van der Waals surface area contributed by atoms with E-state index in [1.165, 1.54) is 17.2 Å². The first kappa shape index (κ1) is 30.3. The van der Waals surface area contributed by atoms with E-state index in [2.05, 4.69) is 20.0 Å². The largest absolute Gasteiger partial charge is 0.465 e. The molecule has 4 aromatic rings. The molecule has 1 aliphatic heterocycles. The minimum Gasteiger partial charge on any atom is -0.465 e. The van der Waals surface area contributed by atoms with Gasteiger partial charge in [-0.1, -0.05) is 48.5 Å². The molecule has 5 rings (SSSR count). The monoisotopic (exact) mass is 612 g/mol. The topological polar surface area (TPSA) is 162 Å². The summed E-state index contributed by atoms with van der Waals surface area (Å²) in [6, 6.07) is 16.5. The zero-order valence-electron chi connectivity index (χ0n) is 23.1. The summed E-state index contributed by atoms with van der Waals surface area (Å²) in [7, 11) is -3.97. The Morgan fingerprint density at radius 2 is 1.86 bits per heavy atom. The molecule has 0 saturated heterocycles. The van der Waals surface area contributed by atoms with Crippen molar-refractivity contribution in [2.45, 2.75) is 38.7 Å². The van der Waals surface area contributed by atoms with Gasteiger partial charge in [-0.15, -0.1) is 0 Å². The minimum atomic E-state index is -3.97. The molecule has 1 aliphatic rings. The number of benzene rings is 2. The van der Waals surface area contributed by atoms with Crippen LogP contribution in [-0.2, 0) is 41.5 Å². The highest BCUT2D eigenvalue weighted by Gasteiger charge is 2.36. The molecule has 2 aromatic carbocycles. The molecular formula is C28H30FN6O7P. The van der Waals surface area contributed by atoms with Crippen LogP contribution in [0.25, 0.3) is 11.2 Å². The number of nitrogens with one attached hydrogen (secondary N) is 1. The van der Waals surface area contributed by atoms with Gasteiger partial charge < -0.3 is 29.2 Å². The first-order valence-corrected chi connectivity index (χ1v) is 15.1. The fourth-order valence-electron chi connectivity index (χ4n) is 4.21. The van der Waals surface area contributed by atoms with Crippen molar-refractivity contribution in [1.29, 1.82) is 0 Å². The van der Waals surface area contributed by atoms with E-state index in [4.69, 9.17) is 29.2 Å². The van der Waals surface area contributed by atoms with Gasteiger partial charge in [0.2, 0.25) is 6.29 Å². The molecule has 4 atom stereocenters. The SMILES string of the molecule is CCOC(=O)[C@H](Cc1ccccc1)NP(=O)(CO[C@@H]1C=C(F)[C@H](OCn2cnc3c(N)ncnc32)O1)Oc1ccccc1. The second kappa shape index (κ2) is 13.8. The molecular weight excluding hydrogens is 582 g/mol. The average Bonchev–Trinajstić information content (AvgIpc) is 3.59. The maximum absolute atomic E-state index is 14.7. The van der Waals surface area contributed by atoms with Gasteiger partial charge in [-0.2, -0.15) is 0 Å². The van der Waals surface area contributed by atoms with Crippen LogP contribution < -0.4 is 15.3 Å². The molecule has 1 unspecified atom stereocenters. The lowest BCUT2D eigenvalue weighted by Crippen LogP contribution is -2.40. The fraction of sp³-hybridized carbons (Fsp3) is 0.286. The van der Waals surface area contributed by atoms with Gasteiger partial charge in [0, 0.05) is 6.08 Å². The Morgan fingerprint density at radius 1 is 1.12 bits per heavy atom. The van der Waals surface area contributed by atoms with E-state index in [0.29, 0.717) is 11.2 Å². The third-order valence-corrected chi connectivity index (χ3v) is 7.88. The molecule has 3 heterocycles. The number of esters is 1. The van der Waals surface area contributed by atoms with E-state index < -0.39 is 44.3 Å². The van der Waals surface area contributed by atoms with Crippen LogP contribution in [0, 0.1) is 0 Å². The van der Waals surface area contributed by atoms with E-state index in [9.17, 15) is 13.8 Å². The minimum absolute atomic E-state index is 0.128. The van der Waals surface area contributed by atoms with Gasteiger partial charge >= 0.3 is 13.5 Å². The van der Waals surface area contributed by atoms with Crippen LogP contribution in [0.5, 0.6) is 5.75 Å². The van der Waals surface area contributed by atoms with Crippen molar-refractivity contribution < 1.29 is 37.2 Å². The number of hydrogen-bond acceptors (Lipinski definition) is 11. The maximum Gasteiger partial charge on any atom is 0.342 e. The summed E-state index contributed by atoms with van der Waals surface area (Å²) in [5.74, 6) is -0.885. The predicted molar refractivity (Wildman–Crippen MR) is 153 cm³/mol. The van der Waals surface area contributed by atoms with Crippen LogP contribution in [0.4, 0.5) is 10.2 Å². The molecule has 226 valence electrons. The van der Waals surface area contributed by atoms with Gasteiger partial charge in [-0.25, -0.2) is 24.4 Å². The number of aromatic nitrogens is 4. The number of nitrogen functional groups attached to an aromatic ring is 1. The number of fused-ring (bicyclic) bond motifs is 1. The molecule has 15 heteroatoms. The summed E-state index contributed by atoms with van der Waals surface area (Å²) in [5.41, 5.74) is 7.40. The predicted octanol–water partition coefficient (Wildman–Crippen LogP) is 3.93. The van der Waals surface area contributed by atoms with E-state index in [-0.39, 0.29) is 31.3 Å². The Labute approximate surface area is 246 Å². The van der Waals surface area contributed by atoms with Crippen molar-refractivity contribution in [3.8, 4) is 5.75 Å². The maximum atomic E-state index is 14.7. The Hall–Kier alpha value is -4.20. The molecule has 0 spiro atoms.